The van der Waals surface area contributed by atoms with E-state index < -0.39 is 0 Å². The molecule has 3 unspecified atom stereocenters. The van der Waals surface area contributed by atoms with E-state index in [9.17, 15) is 0 Å². The van der Waals surface area contributed by atoms with Crippen LogP contribution in [0.15, 0.2) is 24.3 Å². The predicted molar refractivity (Wildman–Crippen MR) is 81.4 cm³/mol. The summed E-state index contributed by atoms with van der Waals surface area (Å²) in [6.45, 7) is 7.02. The van der Waals surface area contributed by atoms with Gasteiger partial charge < -0.3 is 5.32 Å². The van der Waals surface area contributed by atoms with Gasteiger partial charge in [-0.25, -0.2) is 0 Å². The first kappa shape index (κ1) is 13.2. The molecule has 2 saturated carbocycles. The molecule has 1 N–H and O–H groups in total. The molecule has 0 heterocycles. The van der Waals surface area contributed by atoms with Gasteiger partial charge >= 0.3 is 0 Å². The van der Waals surface area contributed by atoms with Crippen molar-refractivity contribution in [3.63, 3.8) is 0 Å². The van der Waals surface area contributed by atoms with E-state index >= 15 is 0 Å². The molecule has 104 valence electrons. The van der Waals surface area contributed by atoms with E-state index in [1.165, 1.54) is 31.2 Å². The van der Waals surface area contributed by atoms with Crippen LogP contribution in [-0.2, 0) is 0 Å². The normalized spacial score (nSPS) is 38.2. The molecule has 1 nitrogen and oxygen atoms in total. The van der Waals surface area contributed by atoms with Gasteiger partial charge in [-0.15, -0.1) is 0 Å². The highest BCUT2D eigenvalue weighted by Gasteiger charge is 2.36. The van der Waals surface area contributed by atoms with Crippen LogP contribution in [-0.4, -0.2) is 12.1 Å². The van der Waals surface area contributed by atoms with Crippen LogP contribution in [0.1, 0.15) is 56.6 Å². The highest BCUT2D eigenvalue weighted by Crippen LogP contribution is 2.39. The van der Waals surface area contributed by atoms with Gasteiger partial charge in [-0.05, 0) is 55.9 Å². The molecule has 19 heavy (non-hydrogen) atoms. The second kappa shape index (κ2) is 5.28. The van der Waals surface area contributed by atoms with Crippen molar-refractivity contribution >= 4 is 0 Å². The Bertz CT molecular complexity index is 433. The van der Waals surface area contributed by atoms with E-state index in [-0.39, 0.29) is 0 Å². The van der Waals surface area contributed by atoms with E-state index in [4.69, 9.17) is 0 Å². The minimum Gasteiger partial charge on any atom is -0.311 e. The van der Waals surface area contributed by atoms with Gasteiger partial charge in [0.15, 0.2) is 0 Å². The largest absolute Gasteiger partial charge is 0.311 e. The summed E-state index contributed by atoms with van der Waals surface area (Å²) in [4.78, 5) is 0. The summed E-state index contributed by atoms with van der Waals surface area (Å²) in [5.74, 6) is 2.56. The number of nitrogens with one attached hydrogen (secondary N) is 1. The molecule has 2 fully saturated rings. The van der Waals surface area contributed by atoms with Gasteiger partial charge in [-0.1, -0.05) is 43.7 Å². The molecule has 1 aromatic carbocycles. The molecule has 0 bridgehead atoms. The summed E-state index contributed by atoms with van der Waals surface area (Å²) in [5.41, 5.74) is 2.94. The topological polar surface area (TPSA) is 12.0 Å². The third-order valence-corrected chi connectivity index (χ3v) is 5.57. The summed E-state index contributed by atoms with van der Waals surface area (Å²) in [6.07, 6.45) is 5.46. The van der Waals surface area contributed by atoms with E-state index in [0.29, 0.717) is 0 Å². The molecule has 3 atom stereocenters. The van der Waals surface area contributed by atoms with Gasteiger partial charge in [-0.2, -0.15) is 0 Å². The third kappa shape index (κ3) is 2.72. The Morgan fingerprint density at radius 1 is 1.11 bits per heavy atom. The number of hydrogen-bond donors (Lipinski definition) is 1. The fraction of sp³-hybridized carbons (Fsp3) is 0.667. The fourth-order valence-corrected chi connectivity index (χ4v) is 3.85. The Morgan fingerprint density at radius 2 is 1.89 bits per heavy atom. The molecule has 2 aliphatic carbocycles. The van der Waals surface area contributed by atoms with E-state index in [1.807, 2.05) is 0 Å². The van der Waals surface area contributed by atoms with Gasteiger partial charge in [0.05, 0.1) is 0 Å². The molecular weight excluding hydrogens is 230 g/mol. The monoisotopic (exact) mass is 257 g/mol. The van der Waals surface area contributed by atoms with Gasteiger partial charge in [-0.3, -0.25) is 0 Å². The van der Waals surface area contributed by atoms with Crippen LogP contribution in [0.5, 0.6) is 0 Å². The average molecular weight is 257 g/mol. The van der Waals surface area contributed by atoms with Crippen molar-refractivity contribution in [3.8, 4) is 0 Å². The van der Waals surface area contributed by atoms with Crippen LogP contribution in [0, 0.1) is 18.8 Å². The van der Waals surface area contributed by atoms with Crippen molar-refractivity contribution in [1.29, 1.82) is 0 Å². The minimum atomic E-state index is 0.767. The quantitative estimate of drug-likeness (QED) is 0.853. The van der Waals surface area contributed by atoms with Crippen LogP contribution in [0.25, 0.3) is 0 Å². The Balaban J connectivity index is 1.51. The fourth-order valence-electron chi connectivity index (χ4n) is 3.85. The van der Waals surface area contributed by atoms with Crippen molar-refractivity contribution in [3.05, 3.63) is 35.4 Å². The zero-order valence-corrected chi connectivity index (χ0v) is 12.5. The van der Waals surface area contributed by atoms with Gasteiger partial charge in [0.1, 0.15) is 0 Å². The molecule has 1 aromatic rings. The van der Waals surface area contributed by atoms with Crippen molar-refractivity contribution in [2.45, 2.75) is 64.5 Å². The highest BCUT2D eigenvalue weighted by atomic mass is 15.0. The predicted octanol–water partition coefficient (Wildman–Crippen LogP) is 4.27. The SMILES string of the molecule is Cc1cccc(C2CC(NC3CCC(C)C3C)C2)c1. The Morgan fingerprint density at radius 3 is 2.53 bits per heavy atom. The van der Waals surface area contributed by atoms with Gasteiger partial charge in [0, 0.05) is 12.1 Å². The Labute approximate surface area is 117 Å². The highest BCUT2D eigenvalue weighted by molar-refractivity contribution is 5.27. The zero-order valence-electron chi connectivity index (χ0n) is 12.5. The molecule has 0 spiro atoms. The van der Waals surface area contributed by atoms with E-state index in [0.717, 1.165) is 29.8 Å². The second-order valence-corrected chi connectivity index (χ2v) is 6.97. The minimum absolute atomic E-state index is 0.767. The summed E-state index contributed by atoms with van der Waals surface area (Å²) < 4.78 is 0. The Kier molecular flexibility index (Phi) is 3.66. The standard InChI is InChI=1S/C18H27N/c1-12-5-4-6-15(9-12)16-10-17(11-16)19-18-8-7-13(2)14(18)3/h4-6,9,13-14,16-19H,7-8,10-11H2,1-3H3. The lowest BCUT2D eigenvalue weighted by Gasteiger charge is -2.39. The lowest BCUT2D eigenvalue weighted by Crippen LogP contribution is -2.46. The lowest BCUT2D eigenvalue weighted by atomic mass is 9.75. The smallest absolute Gasteiger partial charge is 0.00979 e. The summed E-state index contributed by atoms with van der Waals surface area (Å²) in [6, 6.07) is 10.6. The molecular formula is C18H27N. The number of rotatable bonds is 3. The summed E-state index contributed by atoms with van der Waals surface area (Å²) in [7, 11) is 0. The maximum Gasteiger partial charge on any atom is 0.00979 e. The molecule has 0 aromatic heterocycles. The van der Waals surface area contributed by atoms with Gasteiger partial charge in [0.25, 0.3) is 0 Å². The molecule has 3 rings (SSSR count). The van der Waals surface area contributed by atoms with Gasteiger partial charge in [0.2, 0.25) is 0 Å². The van der Waals surface area contributed by atoms with Crippen LogP contribution >= 0.6 is 0 Å². The maximum absolute atomic E-state index is 3.91. The molecule has 1 heteroatoms. The van der Waals surface area contributed by atoms with E-state index in [1.54, 1.807) is 5.56 Å². The van der Waals surface area contributed by atoms with Crippen molar-refractivity contribution in [2.24, 2.45) is 11.8 Å². The number of aryl methyl sites for hydroxylation is 1. The van der Waals surface area contributed by atoms with Crippen molar-refractivity contribution in [1.82, 2.24) is 5.32 Å². The third-order valence-electron chi connectivity index (χ3n) is 5.57. The summed E-state index contributed by atoms with van der Waals surface area (Å²) >= 11 is 0. The van der Waals surface area contributed by atoms with E-state index in [2.05, 4.69) is 50.4 Å². The van der Waals surface area contributed by atoms with Crippen LogP contribution in [0.3, 0.4) is 0 Å². The molecule has 2 aliphatic rings. The molecule has 0 aliphatic heterocycles. The van der Waals surface area contributed by atoms with Crippen molar-refractivity contribution < 1.29 is 0 Å². The maximum atomic E-state index is 3.91. The van der Waals surface area contributed by atoms with Crippen LogP contribution in [0.4, 0.5) is 0 Å². The van der Waals surface area contributed by atoms with Crippen LogP contribution < -0.4 is 5.32 Å². The second-order valence-electron chi connectivity index (χ2n) is 6.97. The Hall–Kier alpha value is -0.820. The molecule has 0 saturated heterocycles. The molecule has 0 amide bonds. The lowest BCUT2D eigenvalue weighted by molar-refractivity contribution is 0.239. The number of hydrogen-bond acceptors (Lipinski definition) is 1. The first-order valence-electron chi connectivity index (χ1n) is 7.96. The average Bonchev–Trinajstić information content (AvgIpc) is 2.64. The summed E-state index contributed by atoms with van der Waals surface area (Å²) in [5, 5.41) is 3.91. The van der Waals surface area contributed by atoms with Crippen LogP contribution in [0.2, 0.25) is 0 Å². The first-order valence-corrected chi connectivity index (χ1v) is 7.96. The zero-order chi connectivity index (χ0) is 13.4. The molecule has 0 radical (unpaired) electrons. The van der Waals surface area contributed by atoms with Crippen molar-refractivity contribution in [2.75, 3.05) is 0 Å². The first-order chi connectivity index (χ1) is 9.13. The number of benzene rings is 1.